The molecule has 0 bridgehead atoms. The van der Waals surface area contributed by atoms with Crippen molar-refractivity contribution in [2.45, 2.75) is 18.9 Å². The zero-order valence-corrected chi connectivity index (χ0v) is 12.9. The molecule has 19 heavy (non-hydrogen) atoms. The Bertz CT molecular complexity index is 494. The zero-order valence-electron chi connectivity index (χ0n) is 10.5. The Labute approximate surface area is 126 Å². The third-order valence-corrected chi connectivity index (χ3v) is 4.85. The van der Waals surface area contributed by atoms with Gasteiger partial charge in [0.2, 0.25) is 0 Å². The number of benzene rings is 1. The summed E-state index contributed by atoms with van der Waals surface area (Å²) in [5, 5.41) is 4.02. The summed E-state index contributed by atoms with van der Waals surface area (Å²) in [5.74, 6) is 0.653. The molecule has 3 nitrogen and oxygen atoms in total. The van der Waals surface area contributed by atoms with E-state index in [0.29, 0.717) is 22.5 Å². The molecule has 2 aliphatic rings. The first kappa shape index (κ1) is 13.4. The van der Waals surface area contributed by atoms with Crippen molar-refractivity contribution in [2.75, 3.05) is 19.6 Å². The Kier molecular flexibility index (Phi) is 3.83. The Balaban J connectivity index is 1.77. The van der Waals surface area contributed by atoms with E-state index in [1.807, 2.05) is 11.0 Å². The molecule has 5 heteroatoms. The number of nitrogens with zero attached hydrogens (tertiary/aromatic N) is 1. The summed E-state index contributed by atoms with van der Waals surface area (Å²) in [6.45, 7) is 2.72. The molecular weight excluding hydrogens is 328 g/mol. The van der Waals surface area contributed by atoms with Gasteiger partial charge in [0.05, 0.1) is 10.6 Å². The second kappa shape index (κ2) is 5.43. The van der Waals surface area contributed by atoms with Crippen LogP contribution < -0.4 is 5.32 Å². The van der Waals surface area contributed by atoms with Crippen molar-refractivity contribution in [3.63, 3.8) is 0 Å². The van der Waals surface area contributed by atoms with Gasteiger partial charge in [-0.1, -0.05) is 27.5 Å². The van der Waals surface area contributed by atoms with E-state index in [1.165, 1.54) is 12.8 Å². The number of nitrogens with one attached hydrogen (secondary N) is 1. The van der Waals surface area contributed by atoms with E-state index in [1.54, 1.807) is 12.1 Å². The first-order valence-electron chi connectivity index (χ1n) is 6.63. The number of amides is 1. The van der Waals surface area contributed by atoms with E-state index < -0.39 is 0 Å². The quantitative estimate of drug-likeness (QED) is 0.850. The van der Waals surface area contributed by atoms with Gasteiger partial charge in [0.25, 0.3) is 5.91 Å². The smallest absolute Gasteiger partial charge is 0.255 e. The van der Waals surface area contributed by atoms with Crippen molar-refractivity contribution >= 4 is 33.4 Å². The Hall–Kier alpha value is -0.580. The van der Waals surface area contributed by atoms with E-state index in [9.17, 15) is 4.79 Å². The van der Waals surface area contributed by atoms with E-state index in [4.69, 9.17) is 11.6 Å². The molecular formula is C14H16BrClN2O. The van der Waals surface area contributed by atoms with Crippen LogP contribution in [-0.2, 0) is 0 Å². The molecule has 0 saturated carbocycles. The molecule has 1 N–H and O–H groups in total. The second-order valence-corrected chi connectivity index (χ2v) is 6.62. The monoisotopic (exact) mass is 342 g/mol. The van der Waals surface area contributed by atoms with Gasteiger partial charge >= 0.3 is 0 Å². The lowest BCUT2D eigenvalue weighted by atomic mass is 9.94. The Morgan fingerprint density at radius 3 is 3.00 bits per heavy atom. The summed E-state index contributed by atoms with van der Waals surface area (Å²) < 4.78 is 0.894. The fourth-order valence-electron chi connectivity index (χ4n) is 3.05. The number of carbonyl (C=O) groups excluding carboxylic acids is 1. The largest absolute Gasteiger partial charge is 0.337 e. The molecule has 1 amide bonds. The minimum absolute atomic E-state index is 0.0497. The summed E-state index contributed by atoms with van der Waals surface area (Å²) in [5.41, 5.74) is 0.600. The molecule has 0 radical (unpaired) electrons. The molecule has 1 aromatic rings. The number of carbonyl (C=O) groups is 1. The van der Waals surface area contributed by atoms with Gasteiger partial charge in [-0.3, -0.25) is 4.79 Å². The van der Waals surface area contributed by atoms with Gasteiger partial charge < -0.3 is 10.2 Å². The van der Waals surface area contributed by atoms with Crippen LogP contribution >= 0.6 is 27.5 Å². The van der Waals surface area contributed by atoms with Crippen LogP contribution in [0.4, 0.5) is 0 Å². The topological polar surface area (TPSA) is 32.3 Å². The predicted octanol–water partition coefficient (Wildman–Crippen LogP) is 2.93. The summed E-state index contributed by atoms with van der Waals surface area (Å²) in [6.07, 6.45) is 2.43. The maximum absolute atomic E-state index is 12.5. The molecule has 1 aromatic carbocycles. The SMILES string of the molecule is O=C(c1ccc(Br)cc1Cl)N1CC2CCCNC2C1. The highest BCUT2D eigenvalue weighted by Gasteiger charge is 2.36. The first-order chi connectivity index (χ1) is 9.15. The molecule has 102 valence electrons. The lowest BCUT2D eigenvalue weighted by Crippen LogP contribution is -2.41. The molecule has 3 rings (SSSR count). The average molecular weight is 344 g/mol. The van der Waals surface area contributed by atoms with Gasteiger partial charge in [-0.25, -0.2) is 0 Å². The molecule has 2 aliphatic heterocycles. The summed E-state index contributed by atoms with van der Waals surface area (Å²) in [7, 11) is 0. The number of fused-ring (bicyclic) bond motifs is 1. The zero-order chi connectivity index (χ0) is 13.4. The van der Waals surface area contributed by atoms with Crippen molar-refractivity contribution in [1.82, 2.24) is 10.2 Å². The summed E-state index contributed by atoms with van der Waals surface area (Å²) in [6, 6.07) is 5.90. The minimum Gasteiger partial charge on any atom is -0.337 e. The molecule has 2 atom stereocenters. The predicted molar refractivity (Wildman–Crippen MR) is 79.6 cm³/mol. The van der Waals surface area contributed by atoms with Crippen LogP contribution in [0.25, 0.3) is 0 Å². The highest BCUT2D eigenvalue weighted by molar-refractivity contribution is 9.10. The standard InChI is InChI=1S/C14H16BrClN2O/c15-10-3-4-11(12(16)6-10)14(19)18-7-9-2-1-5-17-13(9)8-18/h3-4,6,9,13,17H,1-2,5,7-8H2. The lowest BCUT2D eigenvalue weighted by Gasteiger charge is -2.24. The molecule has 0 aromatic heterocycles. The van der Waals surface area contributed by atoms with Crippen LogP contribution in [0.5, 0.6) is 0 Å². The third-order valence-electron chi connectivity index (χ3n) is 4.05. The molecule has 0 aliphatic carbocycles. The number of hydrogen-bond acceptors (Lipinski definition) is 2. The van der Waals surface area contributed by atoms with Crippen LogP contribution in [0.1, 0.15) is 23.2 Å². The highest BCUT2D eigenvalue weighted by atomic mass is 79.9. The third kappa shape index (κ3) is 2.67. The number of rotatable bonds is 1. The van der Waals surface area contributed by atoms with E-state index in [2.05, 4.69) is 21.2 Å². The van der Waals surface area contributed by atoms with Crippen molar-refractivity contribution < 1.29 is 4.79 Å². The van der Waals surface area contributed by atoms with Gasteiger partial charge in [0.1, 0.15) is 0 Å². The molecule has 2 unspecified atom stereocenters. The van der Waals surface area contributed by atoms with Crippen LogP contribution in [0.3, 0.4) is 0 Å². The number of hydrogen-bond donors (Lipinski definition) is 1. The van der Waals surface area contributed by atoms with E-state index in [-0.39, 0.29) is 5.91 Å². The van der Waals surface area contributed by atoms with Crippen molar-refractivity contribution in [3.05, 3.63) is 33.3 Å². The molecule has 2 saturated heterocycles. The number of halogens is 2. The van der Waals surface area contributed by atoms with Crippen LogP contribution in [0.2, 0.25) is 5.02 Å². The van der Waals surface area contributed by atoms with Crippen LogP contribution in [0, 0.1) is 5.92 Å². The van der Waals surface area contributed by atoms with Gasteiger partial charge in [-0.05, 0) is 43.5 Å². The van der Waals surface area contributed by atoms with Gasteiger partial charge in [0, 0.05) is 23.6 Å². The molecule has 0 spiro atoms. The first-order valence-corrected chi connectivity index (χ1v) is 7.80. The molecule has 2 fully saturated rings. The normalized spacial score (nSPS) is 26.3. The number of piperidine rings is 1. The second-order valence-electron chi connectivity index (χ2n) is 5.30. The Morgan fingerprint density at radius 2 is 2.26 bits per heavy atom. The maximum atomic E-state index is 12.5. The molecule has 2 heterocycles. The van der Waals surface area contributed by atoms with E-state index in [0.717, 1.165) is 24.1 Å². The van der Waals surface area contributed by atoms with Crippen LogP contribution in [-0.4, -0.2) is 36.5 Å². The maximum Gasteiger partial charge on any atom is 0.255 e. The van der Waals surface area contributed by atoms with Crippen LogP contribution in [0.15, 0.2) is 22.7 Å². The van der Waals surface area contributed by atoms with Gasteiger partial charge in [-0.15, -0.1) is 0 Å². The Morgan fingerprint density at radius 1 is 1.42 bits per heavy atom. The van der Waals surface area contributed by atoms with Gasteiger partial charge in [-0.2, -0.15) is 0 Å². The summed E-state index contributed by atoms with van der Waals surface area (Å²) in [4.78, 5) is 14.5. The van der Waals surface area contributed by atoms with Crippen molar-refractivity contribution in [1.29, 1.82) is 0 Å². The highest BCUT2D eigenvalue weighted by Crippen LogP contribution is 2.28. The number of likely N-dealkylation sites (tertiary alicyclic amines) is 1. The van der Waals surface area contributed by atoms with Crippen molar-refractivity contribution in [2.24, 2.45) is 5.92 Å². The lowest BCUT2D eigenvalue weighted by molar-refractivity contribution is 0.0786. The fourth-order valence-corrected chi connectivity index (χ4v) is 3.80. The van der Waals surface area contributed by atoms with Crippen molar-refractivity contribution in [3.8, 4) is 0 Å². The summed E-state index contributed by atoms with van der Waals surface area (Å²) >= 11 is 9.52. The average Bonchev–Trinajstić information content (AvgIpc) is 2.81. The van der Waals surface area contributed by atoms with E-state index >= 15 is 0 Å². The minimum atomic E-state index is 0.0497. The van der Waals surface area contributed by atoms with Gasteiger partial charge in [0.15, 0.2) is 0 Å². The fraction of sp³-hybridized carbons (Fsp3) is 0.500.